The maximum atomic E-state index is 12.2. The summed E-state index contributed by atoms with van der Waals surface area (Å²) in [5.74, 6) is -0.0651. The second-order valence-electron chi connectivity index (χ2n) is 4.66. The smallest absolute Gasteiger partial charge is 0.291 e. The highest BCUT2D eigenvalue weighted by atomic mass is 16.3. The van der Waals surface area contributed by atoms with Crippen LogP contribution in [0.3, 0.4) is 0 Å². The number of aryl methyl sites for hydroxylation is 2. The summed E-state index contributed by atoms with van der Waals surface area (Å²) in [5.41, 5.74) is 8.38. The zero-order valence-electron chi connectivity index (χ0n) is 11.2. The summed E-state index contributed by atoms with van der Waals surface area (Å²) in [4.78, 5) is 12.2. The first-order chi connectivity index (χ1) is 9.52. The van der Waals surface area contributed by atoms with Crippen molar-refractivity contribution in [3.63, 3.8) is 0 Å². The molecule has 0 spiro atoms. The lowest BCUT2D eigenvalue weighted by Crippen LogP contribution is -2.11. The van der Waals surface area contributed by atoms with Crippen LogP contribution in [0.1, 0.15) is 16.2 Å². The summed E-state index contributed by atoms with van der Waals surface area (Å²) in [6, 6.07) is 6.92. The molecule has 2 aromatic heterocycles. The molecule has 0 aliphatic rings. The summed E-state index contributed by atoms with van der Waals surface area (Å²) in [6.45, 7) is 1.83. The van der Waals surface area contributed by atoms with Gasteiger partial charge in [-0.05, 0) is 31.2 Å². The highest BCUT2D eigenvalue weighted by Crippen LogP contribution is 2.23. The fourth-order valence-electron chi connectivity index (χ4n) is 2.08. The molecule has 102 valence electrons. The van der Waals surface area contributed by atoms with E-state index in [0.717, 1.165) is 11.1 Å². The maximum Gasteiger partial charge on any atom is 0.291 e. The molecule has 0 radical (unpaired) electrons. The minimum Gasteiger partial charge on any atom is -0.451 e. The molecule has 0 unspecified atom stereocenters. The number of nitrogens with zero attached hydrogens (tertiary/aromatic N) is 2. The average Bonchev–Trinajstić information content (AvgIpc) is 2.92. The summed E-state index contributed by atoms with van der Waals surface area (Å²) in [6.07, 6.45) is 1.74. The van der Waals surface area contributed by atoms with Gasteiger partial charge in [0.15, 0.2) is 5.76 Å². The van der Waals surface area contributed by atoms with E-state index in [9.17, 15) is 4.79 Å². The molecule has 0 aliphatic carbocycles. The number of aromatic nitrogens is 2. The van der Waals surface area contributed by atoms with E-state index in [4.69, 9.17) is 10.2 Å². The van der Waals surface area contributed by atoms with Gasteiger partial charge in [0.25, 0.3) is 5.91 Å². The molecule has 0 aliphatic heterocycles. The van der Waals surface area contributed by atoms with Crippen molar-refractivity contribution < 1.29 is 9.21 Å². The van der Waals surface area contributed by atoms with Gasteiger partial charge in [-0.2, -0.15) is 5.10 Å². The molecule has 2 heterocycles. The van der Waals surface area contributed by atoms with Gasteiger partial charge < -0.3 is 15.5 Å². The van der Waals surface area contributed by atoms with E-state index < -0.39 is 0 Å². The number of nitrogens with one attached hydrogen (secondary N) is 1. The Bertz CT molecular complexity index is 801. The minimum atomic E-state index is -0.309. The SMILES string of the molecule is Cc1nn(C)cc1NC(=O)c1cc2cc(N)ccc2o1. The molecule has 1 aromatic carbocycles. The normalized spacial score (nSPS) is 10.9. The van der Waals surface area contributed by atoms with Crippen molar-refractivity contribution >= 4 is 28.3 Å². The Morgan fingerprint density at radius 1 is 1.40 bits per heavy atom. The van der Waals surface area contributed by atoms with Crippen molar-refractivity contribution in [2.75, 3.05) is 11.1 Å². The van der Waals surface area contributed by atoms with Crippen molar-refractivity contribution in [2.45, 2.75) is 6.92 Å². The Labute approximate surface area is 115 Å². The van der Waals surface area contributed by atoms with E-state index >= 15 is 0 Å². The first kappa shape index (κ1) is 12.3. The van der Waals surface area contributed by atoms with E-state index in [1.165, 1.54) is 0 Å². The Kier molecular flexibility index (Phi) is 2.71. The fraction of sp³-hybridized carbons (Fsp3) is 0.143. The van der Waals surface area contributed by atoms with Crippen LogP contribution in [0, 0.1) is 6.92 Å². The van der Waals surface area contributed by atoms with Crippen molar-refractivity contribution in [2.24, 2.45) is 7.05 Å². The third kappa shape index (κ3) is 2.11. The molecule has 3 N–H and O–H groups in total. The number of hydrogen-bond donors (Lipinski definition) is 2. The van der Waals surface area contributed by atoms with E-state index in [1.807, 2.05) is 6.92 Å². The molecular weight excluding hydrogens is 256 g/mol. The largest absolute Gasteiger partial charge is 0.451 e. The number of amides is 1. The van der Waals surface area contributed by atoms with Crippen LogP contribution in [-0.2, 0) is 7.05 Å². The maximum absolute atomic E-state index is 12.2. The van der Waals surface area contributed by atoms with Crippen LogP contribution in [-0.4, -0.2) is 15.7 Å². The summed E-state index contributed by atoms with van der Waals surface area (Å²) < 4.78 is 7.15. The monoisotopic (exact) mass is 270 g/mol. The van der Waals surface area contributed by atoms with Gasteiger partial charge in [-0.1, -0.05) is 0 Å². The zero-order valence-corrected chi connectivity index (χ0v) is 11.2. The van der Waals surface area contributed by atoms with Crippen molar-refractivity contribution in [3.8, 4) is 0 Å². The molecule has 6 nitrogen and oxygen atoms in total. The molecule has 0 atom stereocenters. The first-order valence-corrected chi connectivity index (χ1v) is 6.13. The minimum absolute atomic E-state index is 0.244. The molecule has 1 amide bonds. The molecule has 6 heteroatoms. The number of furan rings is 1. The number of nitrogen functional groups attached to an aromatic ring is 1. The van der Waals surface area contributed by atoms with Crippen LogP contribution in [0.2, 0.25) is 0 Å². The number of benzene rings is 1. The van der Waals surface area contributed by atoms with Gasteiger partial charge in [0.1, 0.15) is 5.58 Å². The van der Waals surface area contributed by atoms with Gasteiger partial charge in [-0.25, -0.2) is 0 Å². The highest BCUT2D eigenvalue weighted by molar-refractivity contribution is 6.05. The Balaban J connectivity index is 1.90. The van der Waals surface area contributed by atoms with E-state index in [2.05, 4.69) is 10.4 Å². The molecule has 3 aromatic rings. The number of hydrogen-bond acceptors (Lipinski definition) is 4. The van der Waals surface area contributed by atoms with Crippen molar-refractivity contribution in [3.05, 3.63) is 41.9 Å². The van der Waals surface area contributed by atoms with Crippen LogP contribution in [0.5, 0.6) is 0 Å². The van der Waals surface area contributed by atoms with E-state index in [1.54, 1.807) is 42.2 Å². The number of rotatable bonds is 2. The van der Waals surface area contributed by atoms with Crippen LogP contribution < -0.4 is 11.1 Å². The Hall–Kier alpha value is -2.76. The summed E-state index contributed by atoms with van der Waals surface area (Å²) in [7, 11) is 1.80. The topological polar surface area (TPSA) is 86.1 Å². The van der Waals surface area contributed by atoms with Crippen molar-refractivity contribution in [1.29, 1.82) is 0 Å². The van der Waals surface area contributed by atoms with Gasteiger partial charge in [0.05, 0.1) is 11.4 Å². The van der Waals surface area contributed by atoms with Gasteiger partial charge in [-0.15, -0.1) is 0 Å². The van der Waals surface area contributed by atoms with Crippen LogP contribution >= 0.6 is 0 Å². The molecule has 3 rings (SSSR count). The standard InChI is InChI=1S/C14H14N4O2/c1-8-11(7-18(2)17-8)16-14(19)13-6-9-5-10(15)3-4-12(9)20-13/h3-7H,15H2,1-2H3,(H,16,19). The first-order valence-electron chi connectivity index (χ1n) is 6.13. The second kappa shape index (κ2) is 4.41. The molecular formula is C14H14N4O2. The summed E-state index contributed by atoms with van der Waals surface area (Å²) in [5, 5.41) is 7.75. The van der Waals surface area contributed by atoms with Crippen LogP contribution in [0.25, 0.3) is 11.0 Å². The average molecular weight is 270 g/mol. The molecule has 0 fully saturated rings. The van der Waals surface area contributed by atoms with E-state index in [0.29, 0.717) is 17.0 Å². The van der Waals surface area contributed by atoms with Gasteiger partial charge >= 0.3 is 0 Å². The van der Waals surface area contributed by atoms with Crippen molar-refractivity contribution in [1.82, 2.24) is 9.78 Å². The number of anilines is 2. The Morgan fingerprint density at radius 2 is 2.20 bits per heavy atom. The lowest BCUT2D eigenvalue weighted by molar-refractivity contribution is 0.0998. The quantitative estimate of drug-likeness (QED) is 0.700. The fourth-order valence-corrected chi connectivity index (χ4v) is 2.08. The predicted octanol–water partition coefficient (Wildman–Crippen LogP) is 2.31. The lowest BCUT2D eigenvalue weighted by atomic mass is 10.2. The molecule has 0 saturated carbocycles. The predicted molar refractivity (Wildman–Crippen MR) is 76.5 cm³/mol. The zero-order chi connectivity index (χ0) is 14.3. The number of fused-ring (bicyclic) bond motifs is 1. The van der Waals surface area contributed by atoms with Crippen LogP contribution in [0.4, 0.5) is 11.4 Å². The highest BCUT2D eigenvalue weighted by Gasteiger charge is 2.14. The third-order valence-electron chi connectivity index (χ3n) is 3.03. The number of nitrogens with two attached hydrogens (primary N) is 1. The summed E-state index contributed by atoms with van der Waals surface area (Å²) >= 11 is 0. The number of carbonyl (C=O) groups excluding carboxylic acids is 1. The van der Waals surface area contributed by atoms with E-state index in [-0.39, 0.29) is 11.7 Å². The number of carbonyl (C=O) groups is 1. The molecule has 0 saturated heterocycles. The third-order valence-corrected chi connectivity index (χ3v) is 3.03. The lowest BCUT2D eigenvalue weighted by Gasteiger charge is -1.99. The second-order valence-corrected chi connectivity index (χ2v) is 4.66. The van der Waals surface area contributed by atoms with Gasteiger partial charge in [0.2, 0.25) is 0 Å². The van der Waals surface area contributed by atoms with Gasteiger partial charge in [0, 0.05) is 24.3 Å². The Morgan fingerprint density at radius 3 is 2.90 bits per heavy atom. The molecule has 20 heavy (non-hydrogen) atoms. The van der Waals surface area contributed by atoms with Gasteiger partial charge in [-0.3, -0.25) is 9.48 Å². The molecule has 0 bridgehead atoms. The van der Waals surface area contributed by atoms with Crippen LogP contribution in [0.15, 0.2) is 34.9 Å².